The fourth-order valence-electron chi connectivity index (χ4n) is 3.13. The highest BCUT2D eigenvalue weighted by molar-refractivity contribution is 5.59. The lowest BCUT2D eigenvalue weighted by Gasteiger charge is -2.26. The maximum absolute atomic E-state index is 12.9. The molecule has 1 aliphatic heterocycles. The van der Waals surface area contributed by atoms with Gasteiger partial charge in [0, 0.05) is 24.3 Å². The summed E-state index contributed by atoms with van der Waals surface area (Å²) in [7, 11) is 0. The van der Waals surface area contributed by atoms with Gasteiger partial charge in [-0.3, -0.25) is 0 Å². The predicted octanol–water partition coefficient (Wildman–Crippen LogP) is 3.67. The molecule has 0 radical (unpaired) electrons. The summed E-state index contributed by atoms with van der Waals surface area (Å²) in [6, 6.07) is 15.5. The molecule has 1 aliphatic rings. The normalized spacial score (nSPS) is 18.6. The molecule has 2 N–H and O–H groups in total. The molecule has 0 saturated heterocycles. The molecule has 2 nitrogen and oxygen atoms in total. The molecule has 2 aromatic rings. The summed E-state index contributed by atoms with van der Waals surface area (Å²) < 4.78 is 12.9. The van der Waals surface area contributed by atoms with E-state index in [-0.39, 0.29) is 11.9 Å². The van der Waals surface area contributed by atoms with Gasteiger partial charge in [0.25, 0.3) is 0 Å². The van der Waals surface area contributed by atoms with Crippen LogP contribution in [0.1, 0.15) is 30.5 Å². The number of halogens is 1. The van der Waals surface area contributed by atoms with Crippen molar-refractivity contribution in [2.45, 2.75) is 31.8 Å². The van der Waals surface area contributed by atoms with Crippen molar-refractivity contribution in [1.82, 2.24) is 0 Å². The van der Waals surface area contributed by atoms with Gasteiger partial charge in [-0.05, 0) is 49.1 Å². The topological polar surface area (TPSA) is 29.3 Å². The minimum absolute atomic E-state index is 0.0504. The highest BCUT2D eigenvalue weighted by atomic mass is 19.1. The Labute approximate surface area is 125 Å². The molecule has 2 aromatic carbocycles. The summed E-state index contributed by atoms with van der Waals surface area (Å²) in [5, 5.41) is 0. The second-order valence-corrected chi connectivity index (χ2v) is 5.82. The third-order valence-corrected chi connectivity index (χ3v) is 4.33. The van der Waals surface area contributed by atoms with E-state index in [1.165, 1.54) is 23.4 Å². The van der Waals surface area contributed by atoms with E-state index in [9.17, 15) is 4.39 Å². The summed E-state index contributed by atoms with van der Waals surface area (Å²) in [6.07, 6.45) is 1.96. The molecule has 0 amide bonds. The van der Waals surface area contributed by atoms with Crippen LogP contribution in [0.2, 0.25) is 0 Å². The van der Waals surface area contributed by atoms with Crippen LogP contribution in [0.3, 0.4) is 0 Å². The van der Waals surface area contributed by atoms with E-state index in [4.69, 9.17) is 5.73 Å². The molecule has 2 unspecified atom stereocenters. The molecular formula is C18H21FN2. The standard InChI is InChI=1S/C18H21FN2/c1-13-12-15-4-2-3-5-18(15)21(13)11-10-17(20)14-6-8-16(19)9-7-14/h2-9,13,17H,10-12,20H2,1H3. The summed E-state index contributed by atoms with van der Waals surface area (Å²) in [4.78, 5) is 2.43. The quantitative estimate of drug-likeness (QED) is 0.928. The molecular weight excluding hydrogens is 263 g/mol. The van der Waals surface area contributed by atoms with Crippen LogP contribution in [-0.2, 0) is 6.42 Å². The van der Waals surface area contributed by atoms with E-state index in [1.54, 1.807) is 12.1 Å². The van der Waals surface area contributed by atoms with E-state index in [2.05, 4.69) is 36.1 Å². The third-order valence-electron chi connectivity index (χ3n) is 4.33. The minimum Gasteiger partial charge on any atom is -0.368 e. The van der Waals surface area contributed by atoms with Crippen LogP contribution >= 0.6 is 0 Å². The third kappa shape index (κ3) is 2.93. The number of anilines is 1. The first-order valence-corrected chi connectivity index (χ1v) is 7.51. The van der Waals surface area contributed by atoms with Crippen LogP contribution < -0.4 is 10.6 Å². The Morgan fingerprint density at radius 2 is 1.90 bits per heavy atom. The molecule has 2 atom stereocenters. The number of nitrogens with two attached hydrogens (primary N) is 1. The summed E-state index contributed by atoms with van der Waals surface area (Å²) in [6.45, 7) is 3.18. The van der Waals surface area contributed by atoms with Crippen LogP contribution in [-0.4, -0.2) is 12.6 Å². The molecule has 0 spiro atoms. The van der Waals surface area contributed by atoms with E-state index in [0.717, 1.165) is 24.9 Å². The van der Waals surface area contributed by atoms with Crippen LogP contribution in [0.4, 0.5) is 10.1 Å². The van der Waals surface area contributed by atoms with Gasteiger partial charge in [-0.1, -0.05) is 30.3 Å². The molecule has 3 heteroatoms. The van der Waals surface area contributed by atoms with Gasteiger partial charge in [0.15, 0.2) is 0 Å². The molecule has 21 heavy (non-hydrogen) atoms. The first kappa shape index (κ1) is 14.1. The maximum Gasteiger partial charge on any atom is 0.123 e. The van der Waals surface area contributed by atoms with Crippen molar-refractivity contribution in [3.05, 3.63) is 65.5 Å². The van der Waals surface area contributed by atoms with Crippen LogP contribution in [0.15, 0.2) is 48.5 Å². The highest BCUT2D eigenvalue weighted by Gasteiger charge is 2.25. The van der Waals surface area contributed by atoms with Crippen molar-refractivity contribution in [1.29, 1.82) is 0 Å². The van der Waals surface area contributed by atoms with Gasteiger partial charge in [-0.15, -0.1) is 0 Å². The Morgan fingerprint density at radius 3 is 2.67 bits per heavy atom. The Kier molecular flexibility index (Phi) is 3.93. The SMILES string of the molecule is CC1Cc2ccccc2N1CCC(N)c1ccc(F)cc1. The second kappa shape index (κ2) is 5.86. The Hall–Kier alpha value is -1.87. The molecule has 1 heterocycles. The van der Waals surface area contributed by atoms with Gasteiger partial charge >= 0.3 is 0 Å². The van der Waals surface area contributed by atoms with Crippen molar-refractivity contribution in [3.63, 3.8) is 0 Å². The first-order chi connectivity index (χ1) is 10.1. The van der Waals surface area contributed by atoms with E-state index >= 15 is 0 Å². The van der Waals surface area contributed by atoms with E-state index in [0.29, 0.717) is 6.04 Å². The number of hydrogen-bond acceptors (Lipinski definition) is 2. The lowest BCUT2D eigenvalue weighted by Crippen LogP contribution is -2.32. The van der Waals surface area contributed by atoms with Gasteiger partial charge in [0.1, 0.15) is 5.82 Å². The van der Waals surface area contributed by atoms with Gasteiger partial charge in [-0.2, -0.15) is 0 Å². The number of rotatable bonds is 4. The highest BCUT2D eigenvalue weighted by Crippen LogP contribution is 2.32. The van der Waals surface area contributed by atoms with E-state index < -0.39 is 0 Å². The summed E-state index contributed by atoms with van der Waals surface area (Å²) >= 11 is 0. The number of fused-ring (bicyclic) bond motifs is 1. The minimum atomic E-state index is -0.215. The van der Waals surface area contributed by atoms with Crippen molar-refractivity contribution in [3.8, 4) is 0 Å². The zero-order valence-corrected chi connectivity index (χ0v) is 12.3. The van der Waals surface area contributed by atoms with Crippen LogP contribution in [0.5, 0.6) is 0 Å². The van der Waals surface area contributed by atoms with Gasteiger partial charge < -0.3 is 10.6 Å². The lowest BCUT2D eigenvalue weighted by molar-refractivity contribution is 0.588. The molecule has 0 aliphatic carbocycles. The fourth-order valence-corrected chi connectivity index (χ4v) is 3.13. The van der Waals surface area contributed by atoms with Gasteiger partial charge in [-0.25, -0.2) is 4.39 Å². The summed E-state index contributed by atoms with van der Waals surface area (Å²) in [5.41, 5.74) is 9.98. The smallest absolute Gasteiger partial charge is 0.123 e. The molecule has 3 rings (SSSR count). The van der Waals surface area contributed by atoms with Crippen molar-refractivity contribution >= 4 is 5.69 Å². The molecule has 110 valence electrons. The zero-order chi connectivity index (χ0) is 14.8. The number of nitrogens with zero attached hydrogens (tertiary/aromatic N) is 1. The predicted molar refractivity (Wildman–Crippen MR) is 84.9 cm³/mol. The maximum atomic E-state index is 12.9. The average molecular weight is 284 g/mol. The first-order valence-electron chi connectivity index (χ1n) is 7.51. The molecule has 0 saturated carbocycles. The van der Waals surface area contributed by atoms with Crippen LogP contribution in [0, 0.1) is 5.82 Å². The zero-order valence-electron chi connectivity index (χ0n) is 12.3. The Bertz CT molecular complexity index is 609. The molecule has 0 bridgehead atoms. The van der Waals surface area contributed by atoms with Crippen molar-refractivity contribution in [2.24, 2.45) is 5.73 Å². The largest absolute Gasteiger partial charge is 0.368 e. The van der Waals surface area contributed by atoms with Gasteiger partial charge in [0.2, 0.25) is 0 Å². The van der Waals surface area contributed by atoms with E-state index in [1.807, 2.05) is 0 Å². The molecule has 0 fully saturated rings. The number of hydrogen-bond donors (Lipinski definition) is 1. The fraction of sp³-hybridized carbons (Fsp3) is 0.333. The average Bonchev–Trinajstić information content (AvgIpc) is 2.81. The monoisotopic (exact) mass is 284 g/mol. The Balaban J connectivity index is 1.66. The number of benzene rings is 2. The summed E-state index contributed by atoms with van der Waals surface area (Å²) in [5.74, 6) is -0.215. The molecule has 0 aromatic heterocycles. The second-order valence-electron chi connectivity index (χ2n) is 5.82. The lowest BCUT2D eigenvalue weighted by atomic mass is 10.0. The number of para-hydroxylation sites is 1. The van der Waals surface area contributed by atoms with Crippen molar-refractivity contribution < 1.29 is 4.39 Å². The van der Waals surface area contributed by atoms with Gasteiger partial charge in [0.05, 0.1) is 0 Å². The van der Waals surface area contributed by atoms with Crippen LogP contribution in [0.25, 0.3) is 0 Å². The Morgan fingerprint density at radius 1 is 1.19 bits per heavy atom. The van der Waals surface area contributed by atoms with Crippen molar-refractivity contribution in [2.75, 3.05) is 11.4 Å².